The van der Waals surface area contributed by atoms with Crippen LogP contribution >= 0.6 is 0 Å². The van der Waals surface area contributed by atoms with Gasteiger partial charge in [0, 0.05) is 18.5 Å². The van der Waals surface area contributed by atoms with E-state index < -0.39 is 0 Å². The van der Waals surface area contributed by atoms with E-state index in [1.54, 1.807) is 6.33 Å². The van der Waals surface area contributed by atoms with Gasteiger partial charge in [0.15, 0.2) is 0 Å². The summed E-state index contributed by atoms with van der Waals surface area (Å²) in [5.74, 6) is 1.87. The number of rotatable bonds is 5. The molecule has 1 aliphatic carbocycles. The van der Waals surface area contributed by atoms with Crippen LogP contribution < -0.4 is 5.73 Å². The third kappa shape index (κ3) is 3.55. The van der Waals surface area contributed by atoms with E-state index in [1.165, 1.54) is 32.1 Å². The second-order valence-corrected chi connectivity index (χ2v) is 5.92. The van der Waals surface area contributed by atoms with Gasteiger partial charge in [-0.2, -0.15) is 5.10 Å². The summed E-state index contributed by atoms with van der Waals surface area (Å²) >= 11 is 0. The van der Waals surface area contributed by atoms with Crippen molar-refractivity contribution >= 4 is 0 Å². The number of nitrogens with zero attached hydrogens (tertiary/aromatic N) is 3. The summed E-state index contributed by atoms with van der Waals surface area (Å²) in [7, 11) is 0. The summed E-state index contributed by atoms with van der Waals surface area (Å²) in [6, 6.07) is 0.596. The lowest BCUT2D eigenvalue weighted by Crippen LogP contribution is -2.28. The predicted octanol–water partition coefficient (Wildman–Crippen LogP) is 2.70. The lowest BCUT2D eigenvalue weighted by molar-refractivity contribution is 0.313. The highest BCUT2D eigenvalue weighted by molar-refractivity contribution is 4.91. The summed E-state index contributed by atoms with van der Waals surface area (Å²) in [5, 5.41) is 4.27. The van der Waals surface area contributed by atoms with Crippen molar-refractivity contribution in [1.29, 1.82) is 0 Å². The van der Waals surface area contributed by atoms with Crippen LogP contribution in [0.5, 0.6) is 0 Å². The third-order valence-corrected chi connectivity index (χ3v) is 3.94. The average Bonchev–Trinajstić information content (AvgIpc) is 2.78. The topological polar surface area (TPSA) is 56.7 Å². The maximum absolute atomic E-state index is 6.28. The summed E-state index contributed by atoms with van der Waals surface area (Å²) in [6.07, 6.45) is 10.6. The van der Waals surface area contributed by atoms with Gasteiger partial charge in [-0.05, 0) is 26.2 Å². The van der Waals surface area contributed by atoms with E-state index in [4.69, 9.17) is 5.73 Å². The molecule has 1 atom stereocenters. The van der Waals surface area contributed by atoms with Gasteiger partial charge in [-0.1, -0.05) is 32.1 Å². The van der Waals surface area contributed by atoms with Crippen LogP contribution in [-0.4, -0.2) is 20.8 Å². The molecule has 0 aliphatic heterocycles. The van der Waals surface area contributed by atoms with Gasteiger partial charge in [-0.3, -0.25) is 0 Å². The number of hydrogen-bond acceptors (Lipinski definition) is 3. The van der Waals surface area contributed by atoms with Crippen molar-refractivity contribution in [3.8, 4) is 0 Å². The molecule has 18 heavy (non-hydrogen) atoms. The van der Waals surface area contributed by atoms with E-state index in [0.29, 0.717) is 6.04 Å². The molecule has 1 saturated carbocycles. The molecule has 0 amide bonds. The van der Waals surface area contributed by atoms with Crippen LogP contribution in [-0.2, 0) is 6.42 Å². The Morgan fingerprint density at radius 2 is 2.06 bits per heavy atom. The van der Waals surface area contributed by atoms with Crippen LogP contribution in [0.2, 0.25) is 0 Å². The Kier molecular flexibility index (Phi) is 4.75. The SMILES string of the molecule is CC(C)n1ncnc1CC(N)CC1CCCCC1. The van der Waals surface area contributed by atoms with Crippen LogP contribution in [0.1, 0.15) is 64.2 Å². The van der Waals surface area contributed by atoms with Crippen molar-refractivity contribution < 1.29 is 0 Å². The van der Waals surface area contributed by atoms with Crippen molar-refractivity contribution in [2.24, 2.45) is 11.7 Å². The standard InChI is InChI=1S/C14H26N4/c1-11(2)18-14(16-10-17-18)9-13(15)8-12-6-4-3-5-7-12/h10-13H,3-9,15H2,1-2H3. The zero-order valence-electron chi connectivity index (χ0n) is 11.7. The van der Waals surface area contributed by atoms with Gasteiger partial charge in [0.1, 0.15) is 12.2 Å². The average molecular weight is 250 g/mol. The monoisotopic (exact) mass is 250 g/mol. The molecule has 1 aromatic rings. The van der Waals surface area contributed by atoms with Crippen molar-refractivity contribution in [3.05, 3.63) is 12.2 Å². The van der Waals surface area contributed by atoms with Gasteiger partial charge in [-0.25, -0.2) is 9.67 Å². The van der Waals surface area contributed by atoms with Crippen LogP contribution in [0, 0.1) is 5.92 Å². The zero-order chi connectivity index (χ0) is 13.0. The van der Waals surface area contributed by atoms with Crippen molar-refractivity contribution in [3.63, 3.8) is 0 Å². The molecule has 0 bridgehead atoms. The van der Waals surface area contributed by atoms with Crippen LogP contribution in [0.25, 0.3) is 0 Å². The number of nitrogens with two attached hydrogens (primary N) is 1. The quantitative estimate of drug-likeness (QED) is 0.874. The van der Waals surface area contributed by atoms with Gasteiger partial charge >= 0.3 is 0 Å². The molecule has 4 heteroatoms. The van der Waals surface area contributed by atoms with Gasteiger partial charge in [0.2, 0.25) is 0 Å². The van der Waals surface area contributed by atoms with E-state index in [0.717, 1.165) is 24.6 Å². The first kappa shape index (κ1) is 13.5. The maximum Gasteiger partial charge on any atom is 0.138 e. The Morgan fingerprint density at radius 3 is 2.72 bits per heavy atom. The molecule has 1 aliphatic rings. The Bertz CT molecular complexity index is 352. The minimum Gasteiger partial charge on any atom is -0.327 e. The van der Waals surface area contributed by atoms with E-state index in [-0.39, 0.29) is 6.04 Å². The molecule has 0 radical (unpaired) electrons. The minimum atomic E-state index is 0.231. The van der Waals surface area contributed by atoms with Gasteiger partial charge in [-0.15, -0.1) is 0 Å². The molecule has 2 rings (SSSR count). The van der Waals surface area contributed by atoms with Gasteiger partial charge in [0.25, 0.3) is 0 Å². The smallest absolute Gasteiger partial charge is 0.138 e. The Balaban J connectivity index is 1.86. The first-order valence-electron chi connectivity index (χ1n) is 7.30. The molecular weight excluding hydrogens is 224 g/mol. The normalized spacial score (nSPS) is 19.3. The second kappa shape index (κ2) is 6.32. The van der Waals surface area contributed by atoms with Gasteiger partial charge < -0.3 is 5.73 Å². The fourth-order valence-electron chi connectivity index (χ4n) is 3.02. The molecular formula is C14H26N4. The molecule has 1 unspecified atom stereocenters. The first-order chi connectivity index (χ1) is 8.66. The molecule has 1 fully saturated rings. The molecule has 1 heterocycles. The lowest BCUT2D eigenvalue weighted by atomic mass is 9.84. The number of hydrogen-bond donors (Lipinski definition) is 1. The molecule has 4 nitrogen and oxygen atoms in total. The van der Waals surface area contributed by atoms with Crippen LogP contribution in [0.15, 0.2) is 6.33 Å². The first-order valence-corrected chi connectivity index (χ1v) is 7.30. The van der Waals surface area contributed by atoms with E-state index in [1.807, 2.05) is 4.68 Å². The Hall–Kier alpha value is -0.900. The summed E-state index contributed by atoms with van der Waals surface area (Å²) in [6.45, 7) is 4.26. The van der Waals surface area contributed by atoms with E-state index in [2.05, 4.69) is 23.9 Å². The molecule has 102 valence electrons. The summed E-state index contributed by atoms with van der Waals surface area (Å²) in [5.41, 5.74) is 6.28. The fourth-order valence-corrected chi connectivity index (χ4v) is 3.02. The highest BCUT2D eigenvalue weighted by Gasteiger charge is 2.18. The van der Waals surface area contributed by atoms with E-state index in [9.17, 15) is 0 Å². The minimum absolute atomic E-state index is 0.231. The second-order valence-electron chi connectivity index (χ2n) is 5.92. The largest absolute Gasteiger partial charge is 0.327 e. The van der Waals surface area contributed by atoms with E-state index >= 15 is 0 Å². The predicted molar refractivity (Wildman–Crippen MR) is 73.3 cm³/mol. The van der Waals surface area contributed by atoms with Crippen molar-refractivity contribution in [2.45, 2.75) is 70.9 Å². The molecule has 1 aromatic heterocycles. The molecule has 2 N–H and O–H groups in total. The fraction of sp³-hybridized carbons (Fsp3) is 0.857. The Morgan fingerprint density at radius 1 is 1.33 bits per heavy atom. The molecule has 0 spiro atoms. The van der Waals surface area contributed by atoms with Crippen LogP contribution in [0.3, 0.4) is 0 Å². The third-order valence-electron chi connectivity index (χ3n) is 3.94. The van der Waals surface area contributed by atoms with Crippen molar-refractivity contribution in [2.75, 3.05) is 0 Å². The summed E-state index contributed by atoms with van der Waals surface area (Å²) in [4.78, 5) is 4.34. The Labute approximate surface area is 110 Å². The summed E-state index contributed by atoms with van der Waals surface area (Å²) < 4.78 is 1.99. The lowest BCUT2D eigenvalue weighted by Gasteiger charge is -2.24. The highest BCUT2D eigenvalue weighted by Crippen LogP contribution is 2.27. The zero-order valence-corrected chi connectivity index (χ0v) is 11.7. The van der Waals surface area contributed by atoms with Crippen LogP contribution in [0.4, 0.5) is 0 Å². The highest BCUT2D eigenvalue weighted by atomic mass is 15.3. The molecule has 0 aromatic carbocycles. The number of aromatic nitrogens is 3. The molecule has 0 saturated heterocycles. The van der Waals surface area contributed by atoms with Crippen molar-refractivity contribution in [1.82, 2.24) is 14.8 Å². The van der Waals surface area contributed by atoms with Gasteiger partial charge in [0.05, 0.1) is 0 Å². The maximum atomic E-state index is 6.28.